The highest BCUT2D eigenvalue weighted by molar-refractivity contribution is 6.32. The van der Waals surface area contributed by atoms with Crippen molar-refractivity contribution in [3.05, 3.63) is 100 Å². The second-order valence-electron chi connectivity index (χ2n) is 6.21. The molecular weight excluding hydrogens is 401 g/mol. The summed E-state index contributed by atoms with van der Waals surface area (Å²) in [5.41, 5.74) is 0.0144. The molecule has 3 aromatic rings. The normalized spacial score (nSPS) is 12.1. The van der Waals surface area contributed by atoms with Gasteiger partial charge in [0, 0.05) is 10.7 Å². The van der Waals surface area contributed by atoms with Crippen LogP contribution in [0.25, 0.3) is 0 Å². The maximum absolute atomic E-state index is 13.1. The third-order valence-electron chi connectivity index (χ3n) is 4.31. The van der Waals surface area contributed by atoms with Crippen molar-refractivity contribution in [1.82, 2.24) is 0 Å². The van der Waals surface area contributed by atoms with Crippen LogP contribution in [-0.2, 0) is 6.18 Å². The number of halogens is 4. The van der Waals surface area contributed by atoms with E-state index in [2.05, 4.69) is 11.4 Å². The van der Waals surface area contributed by atoms with Crippen LogP contribution in [0, 0.1) is 11.3 Å². The molecule has 0 saturated carbocycles. The molecule has 0 saturated heterocycles. The SMILES string of the molecule is N#C[C@H](c1ccccc1)c1ccc(NC(=O)c2ccccc2C(F)(F)F)cc1Cl. The van der Waals surface area contributed by atoms with Gasteiger partial charge in [0.2, 0.25) is 0 Å². The first-order chi connectivity index (χ1) is 13.8. The fraction of sp³-hybridized carbons (Fsp3) is 0.0909. The quantitative estimate of drug-likeness (QED) is 0.547. The molecule has 0 fully saturated rings. The van der Waals surface area contributed by atoms with Crippen molar-refractivity contribution in [2.24, 2.45) is 0 Å². The van der Waals surface area contributed by atoms with Crippen LogP contribution in [0.3, 0.4) is 0 Å². The summed E-state index contributed by atoms with van der Waals surface area (Å²) >= 11 is 6.30. The van der Waals surface area contributed by atoms with E-state index in [1.54, 1.807) is 30.3 Å². The Morgan fingerprint density at radius 3 is 2.28 bits per heavy atom. The Labute approximate surface area is 170 Å². The van der Waals surface area contributed by atoms with Crippen molar-refractivity contribution < 1.29 is 18.0 Å². The van der Waals surface area contributed by atoms with Crippen molar-refractivity contribution in [3.63, 3.8) is 0 Å². The minimum Gasteiger partial charge on any atom is -0.322 e. The molecule has 0 aromatic heterocycles. The number of nitriles is 1. The monoisotopic (exact) mass is 414 g/mol. The van der Waals surface area contributed by atoms with Crippen LogP contribution in [-0.4, -0.2) is 5.91 Å². The number of benzene rings is 3. The van der Waals surface area contributed by atoms with Gasteiger partial charge >= 0.3 is 6.18 Å². The summed E-state index contributed by atoms with van der Waals surface area (Å²) in [6.07, 6.45) is -4.65. The lowest BCUT2D eigenvalue weighted by Gasteiger charge is -2.15. The molecule has 3 nitrogen and oxygen atoms in total. The predicted molar refractivity (Wildman–Crippen MR) is 105 cm³/mol. The van der Waals surface area contributed by atoms with E-state index < -0.39 is 29.1 Å². The predicted octanol–water partition coefficient (Wildman–Crippen LogP) is 6.27. The zero-order valence-electron chi connectivity index (χ0n) is 14.9. The largest absolute Gasteiger partial charge is 0.417 e. The lowest BCUT2D eigenvalue weighted by molar-refractivity contribution is -0.137. The minimum absolute atomic E-state index is 0.224. The van der Waals surface area contributed by atoms with Gasteiger partial charge in [-0.3, -0.25) is 4.79 Å². The third-order valence-corrected chi connectivity index (χ3v) is 4.64. The summed E-state index contributed by atoms with van der Waals surface area (Å²) < 4.78 is 39.4. The minimum atomic E-state index is -4.65. The fourth-order valence-electron chi connectivity index (χ4n) is 2.93. The first-order valence-corrected chi connectivity index (χ1v) is 8.90. The highest BCUT2D eigenvalue weighted by Gasteiger charge is 2.34. The molecule has 0 aliphatic heterocycles. The van der Waals surface area contributed by atoms with Crippen molar-refractivity contribution in [1.29, 1.82) is 5.26 Å². The van der Waals surface area contributed by atoms with Crippen LogP contribution in [0.5, 0.6) is 0 Å². The molecule has 7 heteroatoms. The van der Waals surface area contributed by atoms with Crippen molar-refractivity contribution in [2.75, 3.05) is 5.32 Å². The number of hydrogen-bond acceptors (Lipinski definition) is 2. The number of nitrogens with one attached hydrogen (secondary N) is 1. The van der Waals surface area contributed by atoms with Crippen LogP contribution in [0.1, 0.15) is 33.0 Å². The van der Waals surface area contributed by atoms with E-state index >= 15 is 0 Å². The average Bonchev–Trinajstić information content (AvgIpc) is 2.70. The van der Waals surface area contributed by atoms with Gasteiger partial charge in [-0.1, -0.05) is 60.1 Å². The van der Waals surface area contributed by atoms with E-state index in [1.807, 2.05) is 6.07 Å². The highest BCUT2D eigenvalue weighted by atomic mass is 35.5. The number of amides is 1. The molecule has 0 aliphatic rings. The molecule has 0 aliphatic carbocycles. The zero-order valence-corrected chi connectivity index (χ0v) is 15.6. The van der Waals surface area contributed by atoms with Crippen molar-refractivity contribution in [3.8, 4) is 6.07 Å². The van der Waals surface area contributed by atoms with Gasteiger partial charge in [0.25, 0.3) is 5.91 Å². The lowest BCUT2D eigenvalue weighted by atomic mass is 9.92. The van der Waals surface area contributed by atoms with E-state index in [-0.39, 0.29) is 10.7 Å². The summed E-state index contributed by atoms with van der Waals surface area (Å²) in [7, 11) is 0. The average molecular weight is 415 g/mol. The summed E-state index contributed by atoms with van der Waals surface area (Å²) in [5.74, 6) is -1.51. The lowest BCUT2D eigenvalue weighted by Crippen LogP contribution is -2.18. The highest BCUT2D eigenvalue weighted by Crippen LogP contribution is 2.34. The number of hydrogen-bond donors (Lipinski definition) is 1. The van der Waals surface area contributed by atoms with Crippen molar-refractivity contribution in [2.45, 2.75) is 12.1 Å². The Hall–Kier alpha value is -3.30. The van der Waals surface area contributed by atoms with E-state index in [0.717, 1.165) is 17.7 Å². The first kappa shape index (κ1) is 20.4. The molecular formula is C22H14ClF3N2O. The zero-order chi connectivity index (χ0) is 21.0. The van der Waals surface area contributed by atoms with Gasteiger partial charge in [0.05, 0.1) is 23.1 Å². The van der Waals surface area contributed by atoms with Crippen molar-refractivity contribution >= 4 is 23.2 Å². The van der Waals surface area contributed by atoms with Gasteiger partial charge in [-0.15, -0.1) is 0 Å². The van der Waals surface area contributed by atoms with Crippen LogP contribution < -0.4 is 5.32 Å². The van der Waals surface area contributed by atoms with E-state index in [1.165, 1.54) is 24.3 Å². The Morgan fingerprint density at radius 1 is 1.00 bits per heavy atom. The Balaban J connectivity index is 1.87. The number of alkyl halides is 3. The van der Waals surface area contributed by atoms with E-state index in [0.29, 0.717) is 5.56 Å². The molecule has 3 aromatic carbocycles. The van der Waals surface area contributed by atoms with Gasteiger partial charge in [-0.2, -0.15) is 18.4 Å². The summed E-state index contributed by atoms with van der Waals surface area (Å²) in [6.45, 7) is 0. The Kier molecular flexibility index (Phi) is 5.90. The number of carbonyl (C=O) groups excluding carboxylic acids is 1. The molecule has 3 rings (SSSR count). The molecule has 0 heterocycles. The van der Waals surface area contributed by atoms with E-state index in [9.17, 15) is 23.2 Å². The molecule has 0 bridgehead atoms. The maximum atomic E-state index is 13.1. The third kappa shape index (κ3) is 4.58. The molecule has 29 heavy (non-hydrogen) atoms. The molecule has 1 N–H and O–H groups in total. The van der Waals surface area contributed by atoms with Gasteiger partial charge in [-0.05, 0) is 35.4 Å². The molecule has 146 valence electrons. The smallest absolute Gasteiger partial charge is 0.322 e. The molecule has 0 unspecified atom stereocenters. The number of rotatable bonds is 4. The molecule has 1 atom stereocenters. The van der Waals surface area contributed by atoms with Crippen LogP contribution in [0.2, 0.25) is 5.02 Å². The van der Waals surface area contributed by atoms with E-state index in [4.69, 9.17) is 11.6 Å². The fourth-order valence-corrected chi connectivity index (χ4v) is 3.22. The van der Waals surface area contributed by atoms with Gasteiger partial charge in [0.1, 0.15) is 0 Å². The summed E-state index contributed by atoms with van der Waals surface area (Å²) in [4.78, 5) is 12.4. The maximum Gasteiger partial charge on any atom is 0.417 e. The van der Waals surface area contributed by atoms with Crippen LogP contribution in [0.4, 0.5) is 18.9 Å². The number of nitrogens with zero attached hydrogens (tertiary/aromatic N) is 1. The topological polar surface area (TPSA) is 52.9 Å². The second-order valence-corrected chi connectivity index (χ2v) is 6.61. The molecule has 1 amide bonds. The Bertz CT molecular complexity index is 1080. The number of carbonyl (C=O) groups is 1. The standard InChI is InChI=1S/C22H14ClF3N2O/c23-20-12-15(10-11-16(20)18(13-27)14-6-2-1-3-7-14)28-21(29)17-8-4-5-9-19(17)22(24,25)26/h1-12,18H,(H,28,29)/t18-/m1/s1. The second kappa shape index (κ2) is 8.38. The number of anilines is 1. The molecule has 0 spiro atoms. The summed E-state index contributed by atoms with van der Waals surface area (Å²) in [5, 5.41) is 12.2. The molecule has 0 radical (unpaired) electrons. The van der Waals surface area contributed by atoms with Gasteiger partial charge in [0.15, 0.2) is 0 Å². The summed E-state index contributed by atoms with van der Waals surface area (Å²) in [6, 6.07) is 20.3. The Morgan fingerprint density at radius 2 is 1.66 bits per heavy atom. The van der Waals surface area contributed by atoms with Crippen LogP contribution in [0.15, 0.2) is 72.8 Å². The van der Waals surface area contributed by atoms with Gasteiger partial charge < -0.3 is 5.32 Å². The van der Waals surface area contributed by atoms with Gasteiger partial charge in [-0.25, -0.2) is 0 Å². The first-order valence-electron chi connectivity index (χ1n) is 8.53. The van der Waals surface area contributed by atoms with Crippen LogP contribution >= 0.6 is 11.6 Å².